The molecule has 0 spiro atoms. The number of methoxy groups -OCH3 is 2. The number of nitrogens with zero attached hydrogens (tertiary/aromatic N) is 3. The predicted octanol–water partition coefficient (Wildman–Crippen LogP) is 3.39. The van der Waals surface area contributed by atoms with E-state index in [4.69, 9.17) is 15.2 Å². The highest BCUT2D eigenvalue weighted by atomic mass is 19.1. The second kappa shape index (κ2) is 7.06. The van der Waals surface area contributed by atoms with Gasteiger partial charge in [-0.2, -0.15) is 0 Å². The SMILES string of the molecule is COc1cc(OC)c(F)c(-c2nc(NCC3CC3)c3cc(N)ncc3n2)c1F. The summed E-state index contributed by atoms with van der Waals surface area (Å²) < 4.78 is 39.8. The molecule has 2 heterocycles. The molecule has 0 unspecified atom stereocenters. The van der Waals surface area contributed by atoms with Crippen molar-refractivity contribution in [1.82, 2.24) is 15.0 Å². The summed E-state index contributed by atoms with van der Waals surface area (Å²) in [6.45, 7) is 0.709. The molecule has 0 bridgehead atoms. The smallest absolute Gasteiger partial charge is 0.179 e. The van der Waals surface area contributed by atoms with Crippen molar-refractivity contribution in [2.24, 2.45) is 5.92 Å². The Morgan fingerprint density at radius 1 is 1.11 bits per heavy atom. The second-order valence-corrected chi connectivity index (χ2v) is 6.63. The Balaban J connectivity index is 1.92. The Morgan fingerprint density at radius 3 is 2.39 bits per heavy atom. The van der Waals surface area contributed by atoms with Crippen molar-refractivity contribution in [3.8, 4) is 22.9 Å². The minimum absolute atomic E-state index is 0.135. The van der Waals surface area contributed by atoms with Crippen LogP contribution in [0, 0.1) is 17.6 Å². The van der Waals surface area contributed by atoms with E-state index in [-0.39, 0.29) is 17.3 Å². The Morgan fingerprint density at radius 2 is 1.79 bits per heavy atom. The van der Waals surface area contributed by atoms with Crippen LogP contribution >= 0.6 is 0 Å². The van der Waals surface area contributed by atoms with Crippen LogP contribution < -0.4 is 20.5 Å². The normalized spacial score (nSPS) is 13.6. The summed E-state index contributed by atoms with van der Waals surface area (Å²) >= 11 is 0. The number of nitrogen functional groups attached to an aromatic ring is 1. The Kier molecular flexibility index (Phi) is 4.58. The first-order valence-corrected chi connectivity index (χ1v) is 8.79. The maximum atomic E-state index is 14.9. The van der Waals surface area contributed by atoms with Crippen molar-refractivity contribution in [3.63, 3.8) is 0 Å². The standard InChI is InChI=1S/C19H19F2N5O2/c1-27-12-6-13(28-2)17(21)15(16(12)20)19-25-11-8-23-14(22)5-10(11)18(26-19)24-7-9-3-4-9/h5-6,8-9H,3-4,7H2,1-2H3,(H2,22,23)(H,24,25,26). The molecular weight excluding hydrogens is 368 g/mol. The van der Waals surface area contributed by atoms with Gasteiger partial charge in [0.05, 0.1) is 31.5 Å². The van der Waals surface area contributed by atoms with Crippen molar-refractivity contribution in [2.75, 3.05) is 31.8 Å². The molecule has 1 fully saturated rings. The molecule has 0 amide bonds. The van der Waals surface area contributed by atoms with Gasteiger partial charge in [0, 0.05) is 18.0 Å². The number of hydrogen-bond donors (Lipinski definition) is 2. The number of nitrogens with one attached hydrogen (secondary N) is 1. The van der Waals surface area contributed by atoms with Crippen LogP contribution in [0.1, 0.15) is 12.8 Å². The zero-order chi connectivity index (χ0) is 19.8. The summed E-state index contributed by atoms with van der Waals surface area (Å²) in [5.74, 6) is -0.962. The largest absolute Gasteiger partial charge is 0.494 e. The third-order valence-corrected chi connectivity index (χ3v) is 4.66. The van der Waals surface area contributed by atoms with E-state index in [1.54, 1.807) is 6.07 Å². The lowest BCUT2D eigenvalue weighted by atomic mass is 10.1. The number of anilines is 2. The lowest BCUT2D eigenvalue weighted by molar-refractivity contribution is 0.359. The fourth-order valence-electron chi connectivity index (χ4n) is 2.94. The molecule has 1 saturated carbocycles. The van der Waals surface area contributed by atoms with Crippen molar-refractivity contribution in [2.45, 2.75) is 12.8 Å². The van der Waals surface area contributed by atoms with Gasteiger partial charge in [-0.25, -0.2) is 23.7 Å². The van der Waals surface area contributed by atoms with Crippen molar-refractivity contribution in [1.29, 1.82) is 0 Å². The average Bonchev–Trinajstić information content (AvgIpc) is 3.51. The third-order valence-electron chi connectivity index (χ3n) is 4.66. The van der Waals surface area contributed by atoms with Gasteiger partial charge in [0.2, 0.25) is 0 Å². The van der Waals surface area contributed by atoms with Gasteiger partial charge in [-0.1, -0.05) is 0 Å². The topological polar surface area (TPSA) is 95.2 Å². The fraction of sp³-hybridized carbons (Fsp3) is 0.316. The molecule has 9 heteroatoms. The number of ether oxygens (including phenoxy) is 2. The molecule has 3 N–H and O–H groups in total. The van der Waals surface area contributed by atoms with Gasteiger partial charge >= 0.3 is 0 Å². The first-order chi connectivity index (χ1) is 13.5. The van der Waals surface area contributed by atoms with Crippen LogP contribution in [0.3, 0.4) is 0 Å². The average molecular weight is 387 g/mol. The van der Waals surface area contributed by atoms with E-state index in [0.29, 0.717) is 35.0 Å². The molecule has 1 aliphatic rings. The van der Waals surface area contributed by atoms with Crippen LogP contribution in [0.25, 0.3) is 22.3 Å². The van der Waals surface area contributed by atoms with E-state index < -0.39 is 17.2 Å². The van der Waals surface area contributed by atoms with E-state index in [2.05, 4.69) is 20.3 Å². The first-order valence-electron chi connectivity index (χ1n) is 8.79. The van der Waals surface area contributed by atoms with Gasteiger partial charge in [-0.05, 0) is 24.8 Å². The molecule has 1 aliphatic carbocycles. The van der Waals surface area contributed by atoms with Crippen LogP contribution in [0.4, 0.5) is 20.4 Å². The van der Waals surface area contributed by atoms with Crippen LogP contribution in [0.15, 0.2) is 18.3 Å². The molecule has 146 valence electrons. The number of aromatic nitrogens is 3. The number of hydrogen-bond acceptors (Lipinski definition) is 7. The summed E-state index contributed by atoms with van der Waals surface area (Å²) in [5, 5.41) is 3.87. The highest BCUT2D eigenvalue weighted by molar-refractivity contribution is 5.91. The number of halogens is 2. The lowest BCUT2D eigenvalue weighted by Gasteiger charge is -2.14. The van der Waals surface area contributed by atoms with E-state index in [0.717, 1.165) is 18.9 Å². The zero-order valence-electron chi connectivity index (χ0n) is 15.4. The van der Waals surface area contributed by atoms with Crippen molar-refractivity contribution in [3.05, 3.63) is 30.0 Å². The second-order valence-electron chi connectivity index (χ2n) is 6.63. The maximum Gasteiger partial charge on any atom is 0.179 e. The Hall–Kier alpha value is -3.23. The van der Waals surface area contributed by atoms with Gasteiger partial charge < -0.3 is 20.5 Å². The van der Waals surface area contributed by atoms with Crippen molar-refractivity contribution >= 4 is 22.5 Å². The summed E-state index contributed by atoms with van der Waals surface area (Å²) in [6, 6.07) is 2.77. The molecule has 0 radical (unpaired) electrons. The van der Waals surface area contributed by atoms with Gasteiger partial charge in [-0.15, -0.1) is 0 Å². The summed E-state index contributed by atoms with van der Waals surface area (Å²) in [5.41, 5.74) is 5.78. The minimum Gasteiger partial charge on any atom is -0.494 e. The number of pyridine rings is 1. The maximum absolute atomic E-state index is 14.9. The minimum atomic E-state index is -0.906. The van der Waals surface area contributed by atoms with E-state index in [9.17, 15) is 8.78 Å². The molecule has 0 atom stereocenters. The molecular formula is C19H19F2N5O2. The monoisotopic (exact) mass is 387 g/mol. The number of rotatable bonds is 6. The highest BCUT2D eigenvalue weighted by Crippen LogP contribution is 2.38. The summed E-state index contributed by atoms with van der Waals surface area (Å²) in [6.07, 6.45) is 3.73. The molecule has 1 aromatic carbocycles. The van der Waals surface area contributed by atoms with Gasteiger partial charge in [0.1, 0.15) is 11.6 Å². The van der Waals surface area contributed by atoms with Crippen LogP contribution in [-0.2, 0) is 0 Å². The molecule has 7 nitrogen and oxygen atoms in total. The summed E-state index contributed by atoms with van der Waals surface area (Å²) in [7, 11) is 2.58. The predicted molar refractivity (Wildman–Crippen MR) is 101 cm³/mol. The van der Waals surface area contributed by atoms with E-state index in [1.807, 2.05) is 0 Å². The lowest BCUT2D eigenvalue weighted by Crippen LogP contribution is -2.09. The van der Waals surface area contributed by atoms with Gasteiger partial charge in [0.25, 0.3) is 0 Å². The fourth-order valence-corrected chi connectivity index (χ4v) is 2.94. The third kappa shape index (κ3) is 3.23. The van der Waals surface area contributed by atoms with E-state index in [1.165, 1.54) is 20.4 Å². The Bertz CT molecular complexity index is 1030. The molecule has 0 aliphatic heterocycles. The number of fused-ring (bicyclic) bond motifs is 1. The van der Waals surface area contributed by atoms with E-state index >= 15 is 0 Å². The zero-order valence-corrected chi connectivity index (χ0v) is 15.4. The molecule has 2 aromatic heterocycles. The number of benzene rings is 1. The molecule has 28 heavy (non-hydrogen) atoms. The van der Waals surface area contributed by atoms with Crippen LogP contribution in [0.5, 0.6) is 11.5 Å². The Labute approximate surface area is 159 Å². The van der Waals surface area contributed by atoms with Gasteiger partial charge in [0.15, 0.2) is 29.0 Å². The number of nitrogens with two attached hydrogens (primary N) is 1. The highest BCUT2D eigenvalue weighted by Gasteiger charge is 2.26. The van der Waals surface area contributed by atoms with Crippen LogP contribution in [-0.4, -0.2) is 35.7 Å². The first kappa shape index (κ1) is 18.1. The van der Waals surface area contributed by atoms with Gasteiger partial charge in [-0.3, -0.25) is 0 Å². The molecule has 0 saturated heterocycles. The summed E-state index contributed by atoms with van der Waals surface area (Å²) in [4.78, 5) is 12.7. The van der Waals surface area contributed by atoms with Crippen molar-refractivity contribution < 1.29 is 18.3 Å². The quantitative estimate of drug-likeness (QED) is 0.669. The molecule has 3 aromatic rings. The van der Waals surface area contributed by atoms with Crippen LogP contribution in [0.2, 0.25) is 0 Å². The molecule has 4 rings (SSSR count).